The van der Waals surface area contributed by atoms with Crippen LogP contribution in [0.2, 0.25) is 0 Å². The maximum absolute atomic E-state index is 10.6. The van der Waals surface area contributed by atoms with Crippen LogP contribution in [0.5, 0.6) is 0 Å². The third kappa shape index (κ3) is 1.43. The van der Waals surface area contributed by atoms with Crippen molar-refractivity contribution in [2.45, 2.75) is 6.92 Å². The van der Waals surface area contributed by atoms with Crippen LogP contribution in [-0.4, -0.2) is 16.1 Å². The zero-order chi connectivity index (χ0) is 8.43. The number of carbonyl (C=O) groups excluding carboxylic acids is 1. The first-order chi connectivity index (χ1) is 5.11. The molecule has 3 N–H and O–H groups in total. The van der Waals surface area contributed by atoms with Crippen molar-refractivity contribution < 1.29 is 4.79 Å². The average molecular weight is 153 g/mol. The summed E-state index contributed by atoms with van der Waals surface area (Å²) in [5.74, 6) is -0.640. The molecule has 1 aromatic heterocycles. The van der Waals surface area contributed by atoms with E-state index in [1.54, 1.807) is 6.92 Å². The summed E-state index contributed by atoms with van der Waals surface area (Å²) in [5.41, 5.74) is 5.19. The minimum atomic E-state index is -0.640. The fourth-order valence-corrected chi connectivity index (χ4v) is 0.746. The summed E-state index contributed by atoms with van der Waals surface area (Å²) >= 11 is 0. The average Bonchev–Trinajstić information content (AvgIpc) is 1.85. The first-order valence-electron chi connectivity index (χ1n) is 2.97. The SMILES string of the molecule is Cc1cc(=O)[nH]nc1C(N)=O. The van der Waals surface area contributed by atoms with Gasteiger partial charge in [0.2, 0.25) is 0 Å². The van der Waals surface area contributed by atoms with Crippen LogP contribution in [-0.2, 0) is 0 Å². The number of H-pyrrole nitrogens is 1. The van der Waals surface area contributed by atoms with E-state index in [0.717, 1.165) is 0 Å². The molecule has 1 aromatic rings. The predicted octanol–water partition coefficient (Wildman–Crippen LogP) is -0.823. The van der Waals surface area contributed by atoms with E-state index < -0.39 is 5.91 Å². The second-order valence-corrected chi connectivity index (χ2v) is 2.13. The minimum absolute atomic E-state index is 0.101. The van der Waals surface area contributed by atoms with Gasteiger partial charge in [0.15, 0.2) is 5.69 Å². The first kappa shape index (κ1) is 7.46. The Balaban J connectivity index is 3.31. The molecule has 0 spiro atoms. The third-order valence-corrected chi connectivity index (χ3v) is 1.23. The number of amides is 1. The molecule has 58 valence electrons. The summed E-state index contributed by atoms with van der Waals surface area (Å²) in [6.45, 7) is 1.60. The third-order valence-electron chi connectivity index (χ3n) is 1.23. The number of hydrogen-bond donors (Lipinski definition) is 2. The highest BCUT2D eigenvalue weighted by molar-refractivity contribution is 5.91. The number of carbonyl (C=O) groups is 1. The number of aryl methyl sites for hydroxylation is 1. The number of rotatable bonds is 1. The number of primary amides is 1. The molecule has 0 saturated carbocycles. The number of aromatic nitrogens is 2. The molecule has 11 heavy (non-hydrogen) atoms. The van der Waals surface area contributed by atoms with Gasteiger partial charge >= 0.3 is 0 Å². The smallest absolute Gasteiger partial charge is 0.269 e. The molecule has 0 aromatic carbocycles. The van der Waals surface area contributed by atoms with Crippen LogP contribution >= 0.6 is 0 Å². The Morgan fingerprint density at radius 1 is 1.73 bits per heavy atom. The van der Waals surface area contributed by atoms with Crippen molar-refractivity contribution >= 4 is 5.91 Å². The molecule has 0 unspecified atom stereocenters. The summed E-state index contributed by atoms with van der Waals surface area (Å²) in [6.07, 6.45) is 0. The summed E-state index contributed by atoms with van der Waals surface area (Å²) in [4.78, 5) is 21.2. The van der Waals surface area contributed by atoms with Crippen LogP contribution < -0.4 is 11.3 Å². The number of nitrogens with zero attached hydrogens (tertiary/aromatic N) is 1. The Kier molecular flexibility index (Phi) is 1.72. The van der Waals surface area contributed by atoms with Gasteiger partial charge in [0.25, 0.3) is 11.5 Å². The van der Waals surface area contributed by atoms with Crippen molar-refractivity contribution in [2.75, 3.05) is 0 Å². The Morgan fingerprint density at radius 2 is 2.36 bits per heavy atom. The highest BCUT2D eigenvalue weighted by Crippen LogP contribution is 1.96. The highest BCUT2D eigenvalue weighted by atomic mass is 16.1. The number of nitrogens with two attached hydrogens (primary N) is 1. The molecule has 1 heterocycles. The topological polar surface area (TPSA) is 88.8 Å². The Hall–Kier alpha value is -1.65. The Morgan fingerprint density at radius 3 is 2.82 bits per heavy atom. The second kappa shape index (κ2) is 2.53. The molecule has 1 amide bonds. The summed E-state index contributed by atoms with van der Waals surface area (Å²) < 4.78 is 0. The van der Waals surface area contributed by atoms with Crippen molar-refractivity contribution in [1.29, 1.82) is 0 Å². The normalized spacial score (nSPS) is 9.55. The van der Waals surface area contributed by atoms with E-state index in [4.69, 9.17) is 5.73 Å². The molecule has 0 aliphatic carbocycles. The zero-order valence-electron chi connectivity index (χ0n) is 5.92. The van der Waals surface area contributed by atoms with E-state index in [1.165, 1.54) is 6.07 Å². The van der Waals surface area contributed by atoms with E-state index in [0.29, 0.717) is 5.56 Å². The highest BCUT2D eigenvalue weighted by Gasteiger charge is 2.05. The van der Waals surface area contributed by atoms with Gasteiger partial charge in [-0.3, -0.25) is 9.59 Å². The molecule has 1 rings (SSSR count). The molecular formula is C6H7N3O2. The standard InChI is InChI=1S/C6H7N3O2/c1-3-2-4(10)8-9-5(3)6(7)11/h2H,1H3,(H2,7,11)(H,8,10). The lowest BCUT2D eigenvalue weighted by molar-refractivity contribution is 0.0994. The van der Waals surface area contributed by atoms with E-state index in [9.17, 15) is 9.59 Å². The van der Waals surface area contributed by atoms with Gasteiger partial charge in [0.05, 0.1) is 0 Å². The van der Waals surface area contributed by atoms with Gasteiger partial charge in [0, 0.05) is 6.07 Å². The van der Waals surface area contributed by atoms with Crippen LogP contribution in [0, 0.1) is 6.92 Å². The molecule has 0 atom stereocenters. The van der Waals surface area contributed by atoms with Gasteiger partial charge in [-0.05, 0) is 12.5 Å². The van der Waals surface area contributed by atoms with E-state index in [2.05, 4.69) is 10.2 Å². The van der Waals surface area contributed by atoms with Gasteiger partial charge in [0.1, 0.15) is 0 Å². The van der Waals surface area contributed by atoms with E-state index in [-0.39, 0.29) is 11.3 Å². The van der Waals surface area contributed by atoms with Crippen LogP contribution in [0.3, 0.4) is 0 Å². The van der Waals surface area contributed by atoms with Gasteiger partial charge in [-0.15, -0.1) is 0 Å². The van der Waals surface area contributed by atoms with Crippen LogP contribution in [0.15, 0.2) is 10.9 Å². The fraction of sp³-hybridized carbons (Fsp3) is 0.167. The molecule has 0 saturated heterocycles. The van der Waals surface area contributed by atoms with Gasteiger partial charge < -0.3 is 5.73 Å². The first-order valence-corrected chi connectivity index (χ1v) is 2.97. The monoisotopic (exact) mass is 153 g/mol. The Labute approximate surface area is 62.2 Å². The van der Waals surface area contributed by atoms with Crippen molar-refractivity contribution in [3.63, 3.8) is 0 Å². The Bertz CT molecular complexity index is 342. The van der Waals surface area contributed by atoms with E-state index in [1.807, 2.05) is 0 Å². The molecule has 0 radical (unpaired) electrons. The maximum Gasteiger partial charge on any atom is 0.269 e. The largest absolute Gasteiger partial charge is 0.364 e. The summed E-state index contributed by atoms with van der Waals surface area (Å²) in [5, 5.41) is 5.58. The summed E-state index contributed by atoms with van der Waals surface area (Å²) in [6, 6.07) is 1.27. The quantitative estimate of drug-likeness (QED) is 0.552. The lowest BCUT2D eigenvalue weighted by Crippen LogP contribution is -2.19. The predicted molar refractivity (Wildman–Crippen MR) is 38.1 cm³/mol. The molecule has 0 fully saturated rings. The summed E-state index contributed by atoms with van der Waals surface area (Å²) in [7, 11) is 0. The minimum Gasteiger partial charge on any atom is -0.364 e. The molecule has 0 bridgehead atoms. The van der Waals surface area contributed by atoms with Crippen molar-refractivity contribution in [3.05, 3.63) is 27.7 Å². The molecule has 0 aliphatic rings. The molecule has 5 nitrogen and oxygen atoms in total. The van der Waals surface area contributed by atoms with Crippen molar-refractivity contribution in [1.82, 2.24) is 10.2 Å². The molecule has 0 aliphatic heterocycles. The molecular weight excluding hydrogens is 146 g/mol. The number of hydrogen-bond acceptors (Lipinski definition) is 3. The fourth-order valence-electron chi connectivity index (χ4n) is 0.746. The van der Waals surface area contributed by atoms with Crippen LogP contribution in [0.4, 0.5) is 0 Å². The van der Waals surface area contributed by atoms with Crippen LogP contribution in [0.25, 0.3) is 0 Å². The maximum atomic E-state index is 10.6. The lowest BCUT2D eigenvalue weighted by atomic mass is 10.2. The van der Waals surface area contributed by atoms with Crippen LogP contribution in [0.1, 0.15) is 16.1 Å². The second-order valence-electron chi connectivity index (χ2n) is 2.13. The van der Waals surface area contributed by atoms with Gasteiger partial charge in [-0.25, -0.2) is 5.10 Å². The van der Waals surface area contributed by atoms with Gasteiger partial charge in [-0.2, -0.15) is 5.10 Å². The van der Waals surface area contributed by atoms with Gasteiger partial charge in [-0.1, -0.05) is 0 Å². The van der Waals surface area contributed by atoms with E-state index >= 15 is 0 Å². The van der Waals surface area contributed by atoms with Crippen molar-refractivity contribution in [2.24, 2.45) is 5.73 Å². The number of aromatic amines is 1. The molecule has 5 heteroatoms. The number of nitrogens with one attached hydrogen (secondary N) is 1. The zero-order valence-corrected chi connectivity index (χ0v) is 5.92. The lowest BCUT2D eigenvalue weighted by Gasteiger charge is -1.95. The van der Waals surface area contributed by atoms with Crippen molar-refractivity contribution in [3.8, 4) is 0 Å².